The topological polar surface area (TPSA) is 119 Å². The molecule has 0 saturated heterocycles. The monoisotopic (exact) mass is 477 g/mol. The van der Waals surface area contributed by atoms with E-state index in [1.54, 1.807) is 0 Å². The highest BCUT2D eigenvalue weighted by atomic mass is 32.2. The minimum atomic E-state index is -3.76. The van der Waals surface area contributed by atoms with Crippen molar-refractivity contribution in [3.05, 3.63) is 63.2 Å². The number of rotatable bonds is 12. The summed E-state index contributed by atoms with van der Waals surface area (Å²) in [5.74, 6) is -0.00297. The summed E-state index contributed by atoms with van der Waals surface area (Å²) < 4.78 is 31.0. The summed E-state index contributed by atoms with van der Waals surface area (Å²) in [6, 6.07) is 10.0. The van der Waals surface area contributed by atoms with Crippen LogP contribution in [0.5, 0.6) is 5.75 Å². The lowest BCUT2D eigenvalue weighted by atomic mass is 10.0. The summed E-state index contributed by atoms with van der Waals surface area (Å²) in [6.07, 6.45) is 3.13. The normalized spacial score (nSPS) is 11.2. The number of methoxy groups -OCH3 is 1. The second-order valence-corrected chi connectivity index (χ2v) is 9.55. The van der Waals surface area contributed by atoms with Crippen molar-refractivity contribution in [3.63, 3.8) is 0 Å². The van der Waals surface area contributed by atoms with Crippen molar-refractivity contribution in [2.45, 2.75) is 46.1 Å². The number of amides is 1. The zero-order valence-corrected chi connectivity index (χ0v) is 20.3. The standard InChI is InChI=1S/C23H31N3O6S/c1-5-17-9-10-18(6-2)19(14-17)16-24-23(27)8-7-13-25(33(4,30)31)21-15-20(26(28)29)11-12-22(21)32-3/h9-12,14-15H,5-8,13,16H2,1-4H3,(H,24,27). The summed E-state index contributed by atoms with van der Waals surface area (Å²) in [7, 11) is -2.41. The van der Waals surface area contributed by atoms with Crippen molar-refractivity contribution in [3.8, 4) is 5.75 Å². The number of nitrogens with zero attached hydrogens (tertiary/aromatic N) is 2. The number of ether oxygens (including phenoxy) is 1. The maximum atomic E-state index is 12.4. The van der Waals surface area contributed by atoms with Gasteiger partial charge >= 0.3 is 0 Å². The van der Waals surface area contributed by atoms with Gasteiger partial charge in [0.15, 0.2) is 0 Å². The van der Waals surface area contributed by atoms with Gasteiger partial charge in [-0.2, -0.15) is 0 Å². The van der Waals surface area contributed by atoms with Gasteiger partial charge in [-0.05, 0) is 42.0 Å². The quantitative estimate of drug-likeness (QED) is 0.369. The predicted molar refractivity (Wildman–Crippen MR) is 128 cm³/mol. The summed E-state index contributed by atoms with van der Waals surface area (Å²) in [6.45, 7) is 4.53. The Balaban J connectivity index is 2.07. The number of nitrogens with one attached hydrogen (secondary N) is 1. The lowest BCUT2D eigenvalue weighted by Gasteiger charge is -2.24. The SMILES string of the molecule is CCc1ccc(CC)c(CNC(=O)CCCN(c2cc([N+](=O)[O-])ccc2OC)S(C)(=O)=O)c1. The van der Waals surface area contributed by atoms with E-state index in [0.717, 1.165) is 35.0 Å². The molecular weight excluding hydrogens is 446 g/mol. The van der Waals surface area contributed by atoms with E-state index in [4.69, 9.17) is 4.74 Å². The molecule has 1 N–H and O–H groups in total. The van der Waals surface area contributed by atoms with E-state index < -0.39 is 14.9 Å². The molecule has 0 fully saturated rings. The number of aryl methyl sites for hydroxylation is 2. The Kier molecular flexibility index (Phi) is 9.22. The second kappa shape index (κ2) is 11.6. The molecule has 9 nitrogen and oxygen atoms in total. The number of non-ortho nitro benzene ring substituents is 1. The van der Waals surface area contributed by atoms with Gasteiger partial charge in [0.1, 0.15) is 11.4 Å². The van der Waals surface area contributed by atoms with Crippen LogP contribution in [0.25, 0.3) is 0 Å². The number of carbonyl (C=O) groups excluding carboxylic acids is 1. The van der Waals surface area contributed by atoms with E-state index in [-0.39, 0.29) is 42.4 Å². The number of nitro benzene ring substituents is 1. The fraction of sp³-hybridized carbons (Fsp3) is 0.435. The first-order chi connectivity index (χ1) is 15.6. The lowest BCUT2D eigenvalue weighted by Crippen LogP contribution is -2.32. The Morgan fingerprint density at radius 1 is 1.12 bits per heavy atom. The Labute approximate surface area is 195 Å². The largest absolute Gasteiger partial charge is 0.495 e. The third-order valence-electron chi connectivity index (χ3n) is 5.34. The van der Waals surface area contributed by atoms with Crippen molar-refractivity contribution in [1.82, 2.24) is 5.32 Å². The maximum Gasteiger partial charge on any atom is 0.271 e. The Bertz CT molecular complexity index is 1100. The predicted octanol–water partition coefficient (Wildman–Crippen LogP) is 3.59. The minimum absolute atomic E-state index is 0.0185. The molecule has 0 aliphatic carbocycles. The van der Waals surface area contributed by atoms with E-state index in [1.807, 2.05) is 0 Å². The molecule has 0 heterocycles. The molecule has 0 radical (unpaired) electrons. The van der Waals surface area contributed by atoms with Crippen LogP contribution in [0.3, 0.4) is 0 Å². The van der Waals surface area contributed by atoms with Crippen molar-refractivity contribution >= 4 is 27.3 Å². The lowest BCUT2D eigenvalue weighted by molar-refractivity contribution is -0.384. The van der Waals surface area contributed by atoms with Gasteiger partial charge in [0.25, 0.3) is 5.69 Å². The molecular formula is C23H31N3O6S. The molecule has 1 amide bonds. The fourth-order valence-electron chi connectivity index (χ4n) is 3.53. The second-order valence-electron chi connectivity index (χ2n) is 7.64. The maximum absolute atomic E-state index is 12.4. The summed E-state index contributed by atoms with van der Waals surface area (Å²) in [4.78, 5) is 23.0. The van der Waals surface area contributed by atoms with Crippen LogP contribution in [0.4, 0.5) is 11.4 Å². The van der Waals surface area contributed by atoms with Gasteiger partial charge in [-0.25, -0.2) is 8.42 Å². The van der Waals surface area contributed by atoms with Crippen LogP contribution in [-0.2, 0) is 34.2 Å². The van der Waals surface area contributed by atoms with Crippen molar-refractivity contribution in [2.24, 2.45) is 0 Å². The molecule has 0 aliphatic rings. The number of hydrogen-bond donors (Lipinski definition) is 1. The molecule has 0 unspecified atom stereocenters. The number of anilines is 1. The first kappa shape index (κ1) is 26.1. The van der Waals surface area contributed by atoms with E-state index in [1.165, 1.54) is 30.4 Å². The molecule has 180 valence electrons. The van der Waals surface area contributed by atoms with E-state index in [9.17, 15) is 23.3 Å². The third kappa shape index (κ3) is 7.18. The average Bonchev–Trinajstić information content (AvgIpc) is 2.78. The summed E-state index contributed by atoms with van der Waals surface area (Å²) in [5.41, 5.74) is 3.26. The highest BCUT2D eigenvalue weighted by Crippen LogP contribution is 2.33. The Hall–Kier alpha value is -3.14. The van der Waals surface area contributed by atoms with Crippen LogP contribution in [0.1, 0.15) is 43.4 Å². The molecule has 2 aromatic rings. The van der Waals surface area contributed by atoms with Gasteiger partial charge in [-0.15, -0.1) is 0 Å². The number of sulfonamides is 1. The fourth-order valence-corrected chi connectivity index (χ4v) is 4.49. The molecule has 33 heavy (non-hydrogen) atoms. The van der Waals surface area contributed by atoms with Crippen LogP contribution >= 0.6 is 0 Å². The van der Waals surface area contributed by atoms with Crippen molar-refractivity contribution in [2.75, 3.05) is 24.2 Å². The third-order valence-corrected chi connectivity index (χ3v) is 6.52. The number of benzene rings is 2. The first-order valence-corrected chi connectivity index (χ1v) is 12.6. The molecule has 0 spiro atoms. The van der Waals surface area contributed by atoms with E-state index in [0.29, 0.717) is 6.54 Å². The van der Waals surface area contributed by atoms with Crippen LogP contribution in [-0.4, -0.2) is 39.2 Å². The number of nitro groups is 1. The summed E-state index contributed by atoms with van der Waals surface area (Å²) in [5, 5.41) is 14.1. The van der Waals surface area contributed by atoms with E-state index in [2.05, 4.69) is 37.4 Å². The van der Waals surface area contributed by atoms with Gasteiger partial charge < -0.3 is 10.1 Å². The molecule has 0 saturated carbocycles. The van der Waals surface area contributed by atoms with Crippen molar-refractivity contribution in [1.29, 1.82) is 0 Å². The molecule has 2 aromatic carbocycles. The molecule has 10 heteroatoms. The first-order valence-electron chi connectivity index (χ1n) is 10.8. The Morgan fingerprint density at radius 3 is 2.42 bits per heavy atom. The number of hydrogen-bond acceptors (Lipinski definition) is 6. The van der Waals surface area contributed by atoms with E-state index >= 15 is 0 Å². The smallest absolute Gasteiger partial charge is 0.271 e. The Morgan fingerprint density at radius 2 is 1.85 bits per heavy atom. The molecule has 0 aliphatic heterocycles. The molecule has 0 aromatic heterocycles. The van der Waals surface area contributed by atoms with Gasteiger partial charge in [-0.1, -0.05) is 32.0 Å². The zero-order valence-electron chi connectivity index (χ0n) is 19.5. The van der Waals surface area contributed by atoms with Crippen LogP contribution in [0, 0.1) is 10.1 Å². The summed E-state index contributed by atoms with van der Waals surface area (Å²) >= 11 is 0. The molecule has 2 rings (SSSR count). The van der Waals surface area contributed by atoms with Gasteiger partial charge in [0, 0.05) is 31.6 Å². The highest BCUT2D eigenvalue weighted by Gasteiger charge is 2.24. The van der Waals surface area contributed by atoms with Crippen LogP contribution in [0.2, 0.25) is 0 Å². The number of carbonyl (C=O) groups is 1. The van der Waals surface area contributed by atoms with Gasteiger partial charge in [-0.3, -0.25) is 19.2 Å². The zero-order chi connectivity index (χ0) is 24.6. The van der Waals surface area contributed by atoms with Gasteiger partial charge in [0.2, 0.25) is 15.9 Å². The van der Waals surface area contributed by atoms with Gasteiger partial charge in [0.05, 0.1) is 18.3 Å². The van der Waals surface area contributed by atoms with Crippen LogP contribution in [0.15, 0.2) is 36.4 Å². The van der Waals surface area contributed by atoms with Crippen molar-refractivity contribution < 1.29 is 22.9 Å². The van der Waals surface area contributed by atoms with Crippen LogP contribution < -0.4 is 14.4 Å². The molecule has 0 atom stereocenters. The average molecular weight is 478 g/mol. The minimum Gasteiger partial charge on any atom is -0.495 e. The highest BCUT2D eigenvalue weighted by molar-refractivity contribution is 7.92. The molecule has 0 bridgehead atoms.